The third-order valence-corrected chi connectivity index (χ3v) is 7.74. The van der Waals surface area contributed by atoms with Gasteiger partial charge in [0.1, 0.15) is 11.3 Å². The third-order valence-electron chi connectivity index (χ3n) is 6.34. The number of carbonyl (C=O) groups is 1. The molecule has 1 aromatic heterocycles. The van der Waals surface area contributed by atoms with E-state index < -0.39 is 16.1 Å². The monoisotopic (exact) mass is 505 g/mol. The number of imidazole rings is 1. The van der Waals surface area contributed by atoms with Crippen molar-refractivity contribution >= 4 is 32.8 Å². The second kappa shape index (κ2) is 10.00. The Morgan fingerprint density at radius 1 is 1.08 bits per heavy atom. The van der Waals surface area contributed by atoms with Crippen LogP contribution < -0.4 is 15.2 Å². The number of aromatic nitrogens is 2. The average molecular weight is 506 g/mol. The summed E-state index contributed by atoms with van der Waals surface area (Å²) in [5, 5.41) is 0. The van der Waals surface area contributed by atoms with Crippen LogP contribution in [0.1, 0.15) is 23.7 Å². The van der Waals surface area contributed by atoms with Gasteiger partial charge in [-0.15, -0.1) is 0 Å². The molecule has 4 N–H and O–H groups in total. The van der Waals surface area contributed by atoms with Gasteiger partial charge in [0.15, 0.2) is 5.75 Å². The van der Waals surface area contributed by atoms with E-state index in [1.54, 1.807) is 54.6 Å². The predicted octanol–water partition coefficient (Wildman–Crippen LogP) is 3.85. The van der Waals surface area contributed by atoms with E-state index in [1.165, 1.54) is 0 Å². The Labute approximate surface area is 209 Å². The van der Waals surface area contributed by atoms with E-state index in [0.717, 1.165) is 49.4 Å². The fourth-order valence-electron chi connectivity index (χ4n) is 4.51. The fraction of sp³-hybridized carbons (Fsp3) is 0.231. The zero-order valence-electron chi connectivity index (χ0n) is 19.6. The highest BCUT2D eigenvalue weighted by Gasteiger charge is 2.26. The molecule has 0 aliphatic carbocycles. The topological polar surface area (TPSA) is 130 Å². The molecule has 1 unspecified atom stereocenters. The van der Waals surface area contributed by atoms with E-state index >= 15 is 0 Å². The van der Waals surface area contributed by atoms with Crippen LogP contribution >= 0.6 is 0 Å². The first kappa shape index (κ1) is 23.8. The van der Waals surface area contributed by atoms with Gasteiger partial charge < -0.3 is 20.4 Å². The number of ether oxygens (including phenoxy) is 1. The van der Waals surface area contributed by atoms with Crippen molar-refractivity contribution in [3.8, 4) is 5.75 Å². The molecule has 186 valence electrons. The maximum atomic E-state index is 12.5. The molecule has 1 atom stereocenters. The molecule has 1 aliphatic rings. The minimum absolute atomic E-state index is 0.235. The zero-order valence-corrected chi connectivity index (χ0v) is 20.4. The Morgan fingerprint density at radius 3 is 2.61 bits per heavy atom. The van der Waals surface area contributed by atoms with Crippen LogP contribution in [0.2, 0.25) is 0 Å². The van der Waals surface area contributed by atoms with Crippen molar-refractivity contribution in [2.24, 2.45) is 5.73 Å². The Bertz CT molecular complexity index is 1470. The van der Waals surface area contributed by atoms with E-state index in [0.29, 0.717) is 17.0 Å². The number of anilines is 1. The Hall–Kier alpha value is -3.89. The second-order valence-electron chi connectivity index (χ2n) is 8.85. The smallest absolute Gasteiger partial charge is 0.408 e. The fourth-order valence-corrected chi connectivity index (χ4v) is 5.59. The van der Waals surface area contributed by atoms with Crippen LogP contribution in [0.15, 0.2) is 77.7 Å². The lowest BCUT2D eigenvalue weighted by Gasteiger charge is -2.15. The first-order valence-electron chi connectivity index (χ1n) is 11.7. The molecule has 36 heavy (non-hydrogen) atoms. The van der Waals surface area contributed by atoms with E-state index in [-0.39, 0.29) is 10.8 Å². The van der Waals surface area contributed by atoms with Crippen molar-refractivity contribution in [2.45, 2.75) is 23.7 Å². The van der Waals surface area contributed by atoms with Gasteiger partial charge in [-0.3, -0.25) is 4.72 Å². The van der Waals surface area contributed by atoms with Crippen LogP contribution in [0.5, 0.6) is 5.75 Å². The van der Waals surface area contributed by atoms with Gasteiger partial charge in [0.05, 0.1) is 10.4 Å². The SMILES string of the molecule is NC(=O)Oc1cccc2[nH]c(C3CCN(CCc4ccc(NS(=O)(=O)c5ccccc5)cc4)C3)nc12. The number of fused-ring (bicyclic) bond motifs is 1. The lowest BCUT2D eigenvalue weighted by Crippen LogP contribution is -2.23. The van der Waals surface area contributed by atoms with Crippen molar-refractivity contribution in [1.29, 1.82) is 0 Å². The number of likely N-dealkylation sites (tertiary alicyclic amines) is 1. The first-order chi connectivity index (χ1) is 17.4. The molecule has 2 heterocycles. The van der Waals surface area contributed by atoms with Crippen LogP contribution in [-0.4, -0.2) is 49.0 Å². The molecule has 9 nitrogen and oxygen atoms in total. The summed E-state index contributed by atoms with van der Waals surface area (Å²) in [5.74, 6) is 1.49. The number of H-pyrrole nitrogens is 1. The van der Waals surface area contributed by atoms with Crippen LogP contribution in [0.25, 0.3) is 11.0 Å². The Kier molecular flexibility index (Phi) is 6.62. The number of amides is 1. The predicted molar refractivity (Wildman–Crippen MR) is 137 cm³/mol. The van der Waals surface area contributed by atoms with Crippen LogP contribution in [-0.2, 0) is 16.4 Å². The minimum Gasteiger partial charge on any atom is -0.408 e. The highest BCUT2D eigenvalue weighted by molar-refractivity contribution is 7.92. The molecule has 0 radical (unpaired) electrons. The van der Waals surface area contributed by atoms with E-state index in [9.17, 15) is 13.2 Å². The molecule has 10 heteroatoms. The Morgan fingerprint density at radius 2 is 1.86 bits per heavy atom. The van der Waals surface area contributed by atoms with Gasteiger partial charge in [-0.05, 0) is 61.3 Å². The van der Waals surface area contributed by atoms with Crippen molar-refractivity contribution in [3.05, 3.63) is 84.2 Å². The molecule has 1 fully saturated rings. The largest absolute Gasteiger partial charge is 0.410 e. The van der Waals surface area contributed by atoms with Crippen LogP contribution in [0, 0.1) is 0 Å². The summed E-state index contributed by atoms with van der Waals surface area (Å²) < 4.78 is 32.7. The van der Waals surface area contributed by atoms with Gasteiger partial charge in [-0.25, -0.2) is 18.2 Å². The molecule has 0 saturated carbocycles. The first-order valence-corrected chi connectivity index (χ1v) is 13.2. The molecule has 1 saturated heterocycles. The normalized spacial score (nSPS) is 16.3. The van der Waals surface area contributed by atoms with E-state index in [2.05, 4.69) is 14.6 Å². The van der Waals surface area contributed by atoms with Gasteiger partial charge in [0.25, 0.3) is 10.0 Å². The summed E-state index contributed by atoms with van der Waals surface area (Å²) in [4.78, 5) is 21.8. The molecular formula is C26H27N5O4S. The number of benzene rings is 3. The maximum absolute atomic E-state index is 12.5. The number of primary amides is 1. The van der Waals surface area contributed by atoms with Crippen LogP contribution in [0.3, 0.4) is 0 Å². The van der Waals surface area contributed by atoms with E-state index in [1.807, 2.05) is 18.2 Å². The number of nitrogens with zero attached hydrogens (tertiary/aromatic N) is 2. The van der Waals surface area contributed by atoms with E-state index in [4.69, 9.17) is 15.5 Å². The van der Waals surface area contributed by atoms with Crippen molar-refractivity contribution in [1.82, 2.24) is 14.9 Å². The number of nitrogens with one attached hydrogen (secondary N) is 2. The maximum Gasteiger partial charge on any atom is 0.410 e. The van der Waals surface area contributed by atoms with Gasteiger partial charge in [-0.2, -0.15) is 0 Å². The highest BCUT2D eigenvalue weighted by atomic mass is 32.2. The van der Waals surface area contributed by atoms with Gasteiger partial charge in [0, 0.05) is 24.7 Å². The standard InChI is InChI=1S/C26H27N5O4S/c27-26(32)35-23-8-4-7-22-24(23)29-25(28-22)19-14-16-31(17-19)15-13-18-9-11-20(12-10-18)30-36(33,34)21-5-2-1-3-6-21/h1-12,19,30H,13-17H2,(H2,27,32)(H,28,29). The number of carbonyl (C=O) groups excluding carboxylic acids is 1. The molecule has 1 aliphatic heterocycles. The molecule has 1 amide bonds. The second-order valence-corrected chi connectivity index (χ2v) is 10.5. The lowest BCUT2D eigenvalue weighted by atomic mass is 10.1. The molecule has 3 aromatic carbocycles. The summed E-state index contributed by atoms with van der Waals surface area (Å²) in [6.45, 7) is 2.73. The number of hydrogen-bond acceptors (Lipinski definition) is 6. The van der Waals surface area contributed by atoms with Crippen molar-refractivity contribution in [2.75, 3.05) is 24.4 Å². The molecule has 4 aromatic rings. The number of para-hydroxylation sites is 1. The number of aromatic amines is 1. The average Bonchev–Trinajstić information content (AvgIpc) is 3.51. The van der Waals surface area contributed by atoms with Crippen molar-refractivity contribution < 1.29 is 17.9 Å². The molecular weight excluding hydrogens is 478 g/mol. The zero-order chi connectivity index (χ0) is 25.1. The molecule has 5 rings (SSSR count). The summed E-state index contributed by atoms with van der Waals surface area (Å²) >= 11 is 0. The minimum atomic E-state index is -3.60. The summed E-state index contributed by atoms with van der Waals surface area (Å²) in [6, 6.07) is 21.2. The number of nitrogens with two attached hydrogens (primary N) is 1. The van der Waals surface area contributed by atoms with Crippen molar-refractivity contribution in [3.63, 3.8) is 0 Å². The highest BCUT2D eigenvalue weighted by Crippen LogP contribution is 2.30. The Balaban J connectivity index is 1.17. The number of sulfonamides is 1. The lowest BCUT2D eigenvalue weighted by molar-refractivity contribution is 0.211. The number of rotatable bonds is 8. The van der Waals surface area contributed by atoms with Gasteiger partial charge >= 0.3 is 6.09 Å². The summed E-state index contributed by atoms with van der Waals surface area (Å²) in [5.41, 5.74) is 8.25. The molecule has 0 bridgehead atoms. The molecule has 0 spiro atoms. The van der Waals surface area contributed by atoms with Crippen LogP contribution in [0.4, 0.5) is 10.5 Å². The van der Waals surface area contributed by atoms with Gasteiger partial charge in [-0.1, -0.05) is 36.4 Å². The van der Waals surface area contributed by atoms with Gasteiger partial charge in [0.2, 0.25) is 0 Å². The third kappa shape index (κ3) is 5.34. The summed E-state index contributed by atoms with van der Waals surface area (Å²) in [7, 11) is -3.60. The summed E-state index contributed by atoms with van der Waals surface area (Å²) in [6.07, 6.45) is 0.974. The number of hydrogen-bond donors (Lipinski definition) is 3. The quantitative estimate of drug-likeness (QED) is 0.333.